The third kappa shape index (κ3) is 3.78. The number of ether oxygens (including phenoxy) is 3. The van der Waals surface area contributed by atoms with Gasteiger partial charge in [-0.25, -0.2) is 4.79 Å². The first kappa shape index (κ1) is 14.6. The van der Waals surface area contributed by atoms with E-state index in [2.05, 4.69) is 0 Å². The molecule has 0 aromatic heterocycles. The van der Waals surface area contributed by atoms with E-state index >= 15 is 0 Å². The molecule has 5 nitrogen and oxygen atoms in total. The number of hydrogen-bond donors (Lipinski definition) is 1. The van der Waals surface area contributed by atoms with Gasteiger partial charge in [-0.3, -0.25) is 0 Å². The van der Waals surface area contributed by atoms with Crippen LogP contribution in [0.5, 0.6) is 11.5 Å². The van der Waals surface area contributed by atoms with Crippen LogP contribution in [-0.2, 0) is 4.74 Å². The normalized spacial score (nSPS) is 10.2. The van der Waals surface area contributed by atoms with Gasteiger partial charge in [-0.15, -0.1) is 0 Å². The maximum Gasteiger partial charge on any atom is 0.335 e. The number of hydrogen-bond acceptors (Lipinski definition) is 4. The van der Waals surface area contributed by atoms with E-state index in [4.69, 9.17) is 30.9 Å². The first-order valence-corrected chi connectivity index (χ1v) is 5.70. The van der Waals surface area contributed by atoms with Crippen LogP contribution in [0.2, 0.25) is 5.02 Å². The molecule has 18 heavy (non-hydrogen) atoms. The quantitative estimate of drug-likeness (QED) is 0.774. The van der Waals surface area contributed by atoms with Gasteiger partial charge >= 0.3 is 5.97 Å². The number of carboxylic acids is 1. The predicted molar refractivity (Wildman–Crippen MR) is 67.0 cm³/mol. The van der Waals surface area contributed by atoms with E-state index < -0.39 is 5.97 Å². The molecular formula is C12H15ClO5. The fourth-order valence-corrected chi connectivity index (χ4v) is 1.63. The summed E-state index contributed by atoms with van der Waals surface area (Å²) in [6, 6.07) is 2.71. The molecule has 0 radical (unpaired) electrons. The van der Waals surface area contributed by atoms with Gasteiger partial charge in [-0.1, -0.05) is 11.6 Å². The van der Waals surface area contributed by atoms with Crippen molar-refractivity contribution in [3.05, 3.63) is 22.7 Å². The van der Waals surface area contributed by atoms with E-state index in [-0.39, 0.29) is 10.6 Å². The molecule has 0 aliphatic rings. The topological polar surface area (TPSA) is 65.0 Å². The third-order valence-electron chi connectivity index (χ3n) is 2.22. The number of carbonyl (C=O) groups is 1. The highest BCUT2D eigenvalue weighted by Gasteiger charge is 2.15. The molecule has 6 heteroatoms. The molecule has 1 N–H and O–H groups in total. The Labute approximate surface area is 110 Å². The lowest BCUT2D eigenvalue weighted by molar-refractivity contribution is 0.0696. The second-order valence-corrected chi connectivity index (χ2v) is 3.90. The van der Waals surface area contributed by atoms with E-state index in [9.17, 15) is 4.79 Å². The first-order valence-electron chi connectivity index (χ1n) is 5.32. The van der Waals surface area contributed by atoms with Crippen molar-refractivity contribution in [3.8, 4) is 11.5 Å². The number of methoxy groups -OCH3 is 2. The lowest BCUT2D eigenvalue weighted by Crippen LogP contribution is -2.04. The van der Waals surface area contributed by atoms with Gasteiger partial charge in [0.1, 0.15) is 0 Å². The van der Waals surface area contributed by atoms with Crippen LogP contribution in [0.1, 0.15) is 16.8 Å². The summed E-state index contributed by atoms with van der Waals surface area (Å²) in [6.45, 7) is 0.990. The second-order valence-electron chi connectivity index (χ2n) is 3.49. The zero-order chi connectivity index (χ0) is 13.5. The van der Waals surface area contributed by atoms with E-state index in [1.807, 2.05) is 0 Å². The van der Waals surface area contributed by atoms with Gasteiger partial charge in [-0.2, -0.15) is 0 Å². The maximum absolute atomic E-state index is 10.9. The Morgan fingerprint density at radius 2 is 2.06 bits per heavy atom. The minimum Gasteiger partial charge on any atom is -0.493 e. The van der Waals surface area contributed by atoms with Gasteiger partial charge in [0.05, 0.1) is 24.3 Å². The molecule has 0 spiro atoms. The summed E-state index contributed by atoms with van der Waals surface area (Å²) in [6.07, 6.45) is 0.705. The first-order chi connectivity index (χ1) is 8.60. The average molecular weight is 275 g/mol. The van der Waals surface area contributed by atoms with Gasteiger partial charge in [0.2, 0.25) is 0 Å². The summed E-state index contributed by atoms with van der Waals surface area (Å²) in [7, 11) is 3.04. The van der Waals surface area contributed by atoms with Crippen LogP contribution >= 0.6 is 11.6 Å². The van der Waals surface area contributed by atoms with Gasteiger partial charge in [0, 0.05) is 20.1 Å². The zero-order valence-electron chi connectivity index (χ0n) is 10.2. The van der Waals surface area contributed by atoms with Crippen LogP contribution in [0.4, 0.5) is 0 Å². The minimum absolute atomic E-state index is 0.0566. The molecule has 0 aliphatic heterocycles. The summed E-state index contributed by atoms with van der Waals surface area (Å²) in [5, 5.41) is 9.11. The summed E-state index contributed by atoms with van der Waals surface area (Å²) in [5.41, 5.74) is 0.0566. The SMILES string of the molecule is COCCCOc1c(Cl)cc(C(=O)O)cc1OC. The Morgan fingerprint density at radius 1 is 1.33 bits per heavy atom. The van der Waals surface area contributed by atoms with Crippen LogP contribution in [0.25, 0.3) is 0 Å². The fourth-order valence-electron chi connectivity index (χ4n) is 1.36. The van der Waals surface area contributed by atoms with E-state index in [1.165, 1.54) is 19.2 Å². The van der Waals surface area contributed by atoms with Crippen molar-refractivity contribution in [2.45, 2.75) is 6.42 Å². The number of halogens is 1. The molecule has 0 aliphatic carbocycles. The summed E-state index contributed by atoms with van der Waals surface area (Å²) >= 11 is 5.97. The molecule has 1 rings (SSSR count). The van der Waals surface area contributed by atoms with Crippen molar-refractivity contribution < 1.29 is 24.1 Å². The minimum atomic E-state index is -1.07. The van der Waals surface area contributed by atoms with Crippen LogP contribution < -0.4 is 9.47 Å². The van der Waals surface area contributed by atoms with Gasteiger partial charge in [0.25, 0.3) is 0 Å². The number of carboxylic acid groups (broad SMARTS) is 1. The predicted octanol–water partition coefficient (Wildman–Crippen LogP) is 2.46. The number of benzene rings is 1. The van der Waals surface area contributed by atoms with Crippen LogP contribution in [0, 0.1) is 0 Å². The van der Waals surface area contributed by atoms with Crippen molar-refractivity contribution in [2.75, 3.05) is 27.4 Å². The molecule has 0 saturated heterocycles. The molecule has 0 atom stereocenters. The molecule has 0 bridgehead atoms. The lowest BCUT2D eigenvalue weighted by Gasteiger charge is -2.13. The fraction of sp³-hybridized carbons (Fsp3) is 0.417. The van der Waals surface area contributed by atoms with E-state index in [0.717, 1.165) is 0 Å². The van der Waals surface area contributed by atoms with Gasteiger partial charge in [0.15, 0.2) is 11.5 Å². The molecule has 0 amide bonds. The van der Waals surface area contributed by atoms with Crippen molar-refractivity contribution in [2.24, 2.45) is 0 Å². The average Bonchev–Trinajstić information content (AvgIpc) is 2.35. The molecule has 0 heterocycles. The third-order valence-corrected chi connectivity index (χ3v) is 2.50. The molecule has 1 aromatic carbocycles. The maximum atomic E-state index is 10.9. The van der Waals surface area contributed by atoms with Crippen molar-refractivity contribution in [1.29, 1.82) is 0 Å². The molecule has 1 aromatic rings. The molecule has 0 unspecified atom stereocenters. The van der Waals surface area contributed by atoms with Gasteiger partial charge in [-0.05, 0) is 12.1 Å². The molecular weight excluding hydrogens is 260 g/mol. The molecule has 0 fully saturated rings. The number of aromatic carboxylic acids is 1. The Bertz CT molecular complexity index is 419. The summed E-state index contributed by atoms with van der Waals surface area (Å²) in [5.74, 6) is -0.418. The summed E-state index contributed by atoms with van der Waals surface area (Å²) in [4.78, 5) is 10.9. The van der Waals surface area contributed by atoms with Gasteiger partial charge < -0.3 is 19.3 Å². The number of rotatable bonds is 7. The molecule has 100 valence electrons. The van der Waals surface area contributed by atoms with Crippen LogP contribution in [0.15, 0.2) is 12.1 Å². The summed E-state index contributed by atoms with van der Waals surface area (Å²) < 4.78 is 15.4. The lowest BCUT2D eigenvalue weighted by atomic mass is 10.2. The Balaban J connectivity index is 2.86. The largest absolute Gasteiger partial charge is 0.493 e. The Hall–Kier alpha value is -1.46. The standard InChI is InChI=1S/C12H15ClO5/c1-16-4-3-5-18-11-9(13)6-8(12(14)15)7-10(11)17-2/h6-7H,3-5H2,1-2H3,(H,14,15). The van der Waals surface area contributed by atoms with Crippen molar-refractivity contribution in [3.63, 3.8) is 0 Å². The van der Waals surface area contributed by atoms with E-state index in [0.29, 0.717) is 31.1 Å². The second kappa shape index (κ2) is 7.08. The smallest absolute Gasteiger partial charge is 0.335 e. The van der Waals surface area contributed by atoms with E-state index in [1.54, 1.807) is 7.11 Å². The van der Waals surface area contributed by atoms with Crippen molar-refractivity contribution >= 4 is 17.6 Å². The molecule has 0 saturated carbocycles. The highest BCUT2D eigenvalue weighted by atomic mass is 35.5. The van der Waals surface area contributed by atoms with Crippen LogP contribution in [-0.4, -0.2) is 38.5 Å². The zero-order valence-corrected chi connectivity index (χ0v) is 11.0. The highest BCUT2D eigenvalue weighted by Crippen LogP contribution is 2.36. The van der Waals surface area contributed by atoms with Crippen molar-refractivity contribution in [1.82, 2.24) is 0 Å². The highest BCUT2D eigenvalue weighted by molar-refractivity contribution is 6.32. The monoisotopic (exact) mass is 274 g/mol. The van der Waals surface area contributed by atoms with Crippen LogP contribution in [0.3, 0.4) is 0 Å². The Kier molecular flexibility index (Phi) is 5.74. The Morgan fingerprint density at radius 3 is 2.61 bits per heavy atom.